The van der Waals surface area contributed by atoms with E-state index in [9.17, 15) is 4.79 Å². The molecule has 0 saturated carbocycles. The molecule has 0 atom stereocenters. The van der Waals surface area contributed by atoms with Gasteiger partial charge in [-0.1, -0.05) is 25.6 Å². The fraction of sp³-hybridized carbons (Fsp3) is 0.273. The van der Waals surface area contributed by atoms with Crippen molar-refractivity contribution in [3.63, 3.8) is 0 Å². The lowest BCUT2D eigenvalue weighted by Crippen LogP contribution is -2.16. The molecule has 0 bridgehead atoms. The van der Waals surface area contributed by atoms with E-state index in [1.165, 1.54) is 0 Å². The first kappa shape index (κ1) is 12.3. The quantitative estimate of drug-likeness (QED) is 0.579. The molecule has 0 saturated heterocycles. The Balaban J connectivity index is 3.03. The predicted octanol–water partition coefficient (Wildman–Crippen LogP) is 2.40. The summed E-state index contributed by atoms with van der Waals surface area (Å²) in [4.78, 5) is 14.6. The maximum atomic E-state index is 10.5. The molecule has 4 nitrogen and oxygen atoms in total. The Morgan fingerprint density at radius 2 is 2.19 bits per heavy atom. The lowest BCUT2D eigenvalue weighted by atomic mass is 10.3. The summed E-state index contributed by atoms with van der Waals surface area (Å²) in [5, 5.41) is 10.9. The summed E-state index contributed by atoms with van der Waals surface area (Å²) < 4.78 is 0. The smallest absolute Gasteiger partial charge is 0.409 e. The van der Waals surface area contributed by atoms with Crippen molar-refractivity contribution in [3.05, 3.63) is 24.0 Å². The number of nitrogens with one attached hydrogen (secondary N) is 1. The third-order valence-corrected chi connectivity index (χ3v) is 2.48. The van der Waals surface area contributed by atoms with Crippen LogP contribution in [0.1, 0.15) is 5.69 Å². The Morgan fingerprint density at radius 3 is 2.75 bits per heavy atom. The maximum absolute atomic E-state index is 10.5. The Hall–Kier alpha value is -1.80. The largest absolute Gasteiger partial charge is 0.465 e. The Kier molecular flexibility index (Phi) is 3.69. The van der Waals surface area contributed by atoms with Gasteiger partial charge in [0.25, 0.3) is 0 Å². The molecule has 16 heavy (non-hydrogen) atoms. The summed E-state index contributed by atoms with van der Waals surface area (Å²) >= 11 is 0. The zero-order valence-electron chi connectivity index (χ0n) is 9.53. The SMILES string of the molecule is C[Si](C)(C)C#Cc1ncccc1NC(=O)O. The van der Waals surface area contributed by atoms with Gasteiger partial charge < -0.3 is 5.11 Å². The molecule has 1 aromatic heterocycles. The first-order valence-electron chi connectivity index (χ1n) is 4.86. The zero-order valence-corrected chi connectivity index (χ0v) is 10.5. The van der Waals surface area contributed by atoms with Crippen molar-refractivity contribution in [2.24, 2.45) is 0 Å². The summed E-state index contributed by atoms with van der Waals surface area (Å²) in [6.07, 6.45) is 0.491. The van der Waals surface area contributed by atoms with Gasteiger partial charge in [-0.3, -0.25) is 5.32 Å². The van der Waals surface area contributed by atoms with E-state index in [4.69, 9.17) is 5.11 Å². The maximum Gasteiger partial charge on any atom is 0.409 e. The third-order valence-electron chi connectivity index (χ3n) is 1.61. The molecule has 0 radical (unpaired) electrons. The Morgan fingerprint density at radius 1 is 1.50 bits per heavy atom. The van der Waals surface area contributed by atoms with Crippen LogP contribution in [0, 0.1) is 11.5 Å². The standard InChI is InChI=1S/C11H14N2O2Si/c1-16(2,3)8-6-9-10(13-11(14)15)5-4-7-12-9/h4-5,7,13H,1-3H3,(H,14,15). The lowest BCUT2D eigenvalue weighted by molar-refractivity contribution is 0.209. The van der Waals surface area contributed by atoms with Crippen molar-refractivity contribution < 1.29 is 9.90 Å². The molecule has 1 rings (SSSR count). The molecule has 0 aromatic carbocycles. The minimum absolute atomic E-state index is 0.431. The van der Waals surface area contributed by atoms with Crippen LogP contribution in [-0.4, -0.2) is 24.3 Å². The molecule has 0 aliphatic heterocycles. The van der Waals surface area contributed by atoms with Gasteiger partial charge in [-0.15, -0.1) is 5.54 Å². The van der Waals surface area contributed by atoms with E-state index >= 15 is 0 Å². The number of carboxylic acid groups (broad SMARTS) is 1. The predicted molar refractivity (Wildman–Crippen MR) is 66.1 cm³/mol. The first-order valence-corrected chi connectivity index (χ1v) is 8.36. The highest BCUT2D eigenvalue weighted by Crippen LogP contribution is 2.11. The third kappa shape index (κ3) is 4.15. The monoisotopic (exact) mass is 234 g/mol. The number of hydrogen-bond acceptors (Lipinski definition) is 2. The van der Waals surface area contributed by atoms with Crippen LogP contribution in [0.5, 0.6) is 0 Å². The number of carbonyl (C=O) groups is 1. The van der Waals surface area contributed by atoms with E-state index in [0.717, 1.165) is 0 Å². The van der Waals surface area contributed by atoms with Gasteiger partial charge in [-0.05, 0) is 12.1 Å². The summed E-state index contributed by atoms with van der Waals surface area (Å²) in [6, 6.07) is 3.32. The minimum Gasteiger partial charge on any atom is -0.465 e. The van der Waals surface area contributed by atoms with Gasteiger partial charge in [0, 0.05) is 6.20 Å². The number of amides is 1. The second-order valence-electron chi connectivity index (χ2n) is 4.33. The molecular weight excluding hydrogens is 220 g/mol. The van der Waals surface area contributed by atoms with E-state index in [-0.39, 0.29) is 0 Å². The highest BCUT2D eigenvalue weighted by molar-refractivity contribution is 6.83. The van der Waals surface area contributed by atoms with Gasteiger partial charge in [-0.25, -0.2) is 9.78 Å². The summed E-state index contributed by atoms with van der Waals surface area (Å²) in [5.74, 6) is 2.93. The van der Waals surface area contributed by atoms with Gasteiger partial charge >= 0.3 is 6.09 Å². The van der Waals surface area contributed by atoms with Crippen molar-refractivity contribution >= 4 is 19.9 Å². The Bertz CT molecular complexity index is 455. The molecule has 5 heteroatoms. The topological polar surface area (TPSA) is 62.2 Å². The van der Waals surface area contributed by atoms with E-state index in [1.54, 1.807) is 18.3 Å². The molecular formula is C11H14N2O2Si. The molecule has 84 valence electrons. The number of nitrogens with zero attached hydrogens (tertiary/aromatic N) is 1. The highest BCUT2D eigenvalue weighted by atomic mass is 28.3. The van der Waals surface area contributed by atoms with Gasteiger partial charge in [-0.2, -0.15) is 0 Å². The number of aromatic nitrogens is 1. The lowest BCUT2D eigenvalue weighted by Gasteiger charge is -2.05. The molecule has 0 fully saturated rings. The normalized spacial score (nSPS) is 10.2. The molecule has 0 aliphatic carbocycles. The fourth-order valence-corrected chi connectivity index (χ4v) is 1.46. The van der Waals surface area contributed by atoms with E-state index in [0.29, 0.717) is 11.4 Å². The van der Waals surface area contributed by atoms with E-state index in [2.05, 4.69) is 41.4 Å². The number of pyridine rings is 1. The van der Waals surface area contributed by atoms with Gasteiger partial charge in [0.05, 0.1) is 5.69 Å². The van der Waals surface area contributed by atoms with Crippen molar-refractivity contribution in [1.29, 1.82) is 0 Å². The average molecular weight is 234 g/mol. The molecule has 1 aromatic rings. The summed E-state index contributed by atoms with van der Waals surface area (Å²) in [7, 11) is -1.48. The second-order valence-corrected chi connectivity index (χ2v) is 9.08. The van der Waals surface area contributed by atoms with E-state index in [1.807, 2.05) is 0 Å². The van der Waals surface area contributed by atoms with Crippen LogP contribution in [-0.2, 0) is 0 Å². The van der Waals surface area contributed by atoms with Crippen LogP contribution in [0.3, 0.4) is 0 Å². The Labute approximate surface area is 95.7 Å². The van der Waals surface area contributed by atoms with Crippen molar-refractivity contribution in [3.8, 4) is 11.5 Å². The van der Waals surface area contributed by atoms with E-state index < -0.39 is 14.2 Å². The van der Waals surface area contributed by atoms with Crippen LogP contribution >= 0.6 is 0 Å². The van der Waals surface area contributed by atoms with Crippen LogP contribution in [0.4, 0.5) is 10.5 Å². The fourth-order valence-electron chi connectivity index (χ4n) is 0.968. The molecule has 1 amide bonds. The van der Waals surface area contributed by atoms with Crippen molar-refractivity contribution in [2.75, 3.05) is 5.32 Å². The van der Waals surface area contributed by atoms with Gasteiger partial charge in [0.15, 0.2) is 0 Å². The summed E-state index contributed by atoms with van der Waals surface area (Å²) in [6.45, 7) is 6.35. The van der Waals surface area contributed by atoms with Gasteiger partial charge in [0.1, 0.15) is 13.8 Å². The first-order chi connectivity index (χ1) is 7.38. The van der Waals surface area contributed by atoms with Crippen LogP contribution in [0.2, 0.25) is 19.6 Å². The van der Waals surface area contributed by atoms with Crippen molar-refractivity contribution in [1.82, 2.24) is 4.98 Å². The molecule has 1 heterocycles. The van der Waals surface area contributed by atoms with Crippen LogP contribution in [0.15, 0.2) is 18.3 Å². The number of rotatable bonds is 1. The van der Waals surface area contributed by atoms with Gasteiger partial charge in [0.2, 0.25) is 0 Å². The molecule has 0 aliphatic rings. The zero-order chi connectivity index (χ0) is 12.2. The number of hydrogen-bond donors (Lipinski definition) is 2. The van der Waals surface area contributed by atoms with Crippen LogP contribution in [0.25, 0.3) is 0 Å². The summed E-state index contributed by atoms with van der Waals surface area (Å²) in [5.41, 5.74) is 4.06. The molecule has 0 spiro atoms. The van der Waals surface area contributed by atoms with Crippen molar-refractivity contribution in [2.45, 2.75) is 19.6 Å². The average Bonchev–Trinajstić information content (AvgIpc) is 2.14. The molecule has 2 N–H and O–H groups in total. The number of anilines is 1. The second kappa shape index (κ2) is 4.81. The highest BCUT2D eigenvalue weighted by Gasteiger charge is 2.09. The minimum atomic E-state index is -1.48. The molecule has 0 unspecified atom stereocenters. The van der Waals surface area contributed by atoms with Crippen LogP contribution < -0.4 is 5.32 Å².